The van der Waals surface area contributed by atoms with E-state index in [-0.39, 0.29) is 5.91 Å². The van der Waals surface area contributed by atoms with Gasteiger partial charge in [0.2, 0.25) is 0 Å². The van der Waals surface area contributed by atoms with E-state index >= 15 is 0 Å². The lowest BCUT2D eigenvalue weighted by molar-refractivity contribution is -0.122. The normalized spacial score (nSPS) is 16.5. The number of aromatic nitrogens is 4. The van der Waals surface area contributed by atoms with Gasteiger partial charge in [-0.25, -0.2) is 0 Å². The van der Waals surface area contributed by atoms with E-state index in [1.165, 1.54) is 0 Å². The van der Waals surface area contributed by atoms with E-state index in [0.717, 1.165) is 23.5 Å². The number of thiocarbonyl (C=S) groups is 1. The maximum absolute atomic E-state index is 12.6. The summed E-state index contributed by atoms with van der Waals surface area (Å²) in [6.45, 7) is 5.13. The lowest BCUT2D eigenvalue weighted by atomic mass is 10.3. The van der Waals surface area contributed by atoms with E-state index < -0.39 is 0 Å². The van der Waals surface area contributed by atoms with Gasteiger partial charge in [0, 0.05) is 25.4 Å². The predicted molar refractivity (Wildman–Crippen MR) is 90.1 cm³/mol. The molecule has 1 N–H and O–H groups in total. The Hall–Kier alpha value is -2.48. The molecule has 120 valence electrons. The highest BCUT2D eigenvalue weighted by Crippen LogP contribution is 2.17. The number of nitrogens with zero attached hydrogens (tertiary/aromatic N) is 5. The maximum Gasteiger partial charge on any atom is 0.276 e. The molecule has 2 aromatic heterocycles. The largest absolute Gasteiger partial charge is 0.328 e. The topological polar surface area (TPSA) is 68.0 Å². The van der Waals surface area contributed by atoms with Gasteiger partial charge in [-0.3, -0.25) is 19.1 Å². The second kappa shape index (κ2) is 5.96. The third-order valence-electron chi connectivity index (χ3n) is 3.64. The Kier molecular flexibility index (Phi) is 3.99. The van der Waals surface area contributed by atoms with E-state index in [1.807, 2.05) is 37.8 Å². The quantitative estimate of drug-likeness (QED) is 0.674. The molecule has 1 fully saturated rings. The van der Waals surface area contributed by atoms with Crippen molar-refractivity contribution in [2.75, 3.05) is 0 Å². The SMILES string of the molecule is CCn1cc(CN2C(=O)/C(=C\c3cc(C)nn3C)NC2=S)cn1. The first-order valence-electron chi connectivity index (χ1n) is 7.34. The van der Waals surface area contributed by atoms with Gasteiger partial charge in [0.25, 0.3) is 5.91 Å². The van der Waals surface area contributed by atoms with Gasteiger partial charge in [0.15, 0.2) is 5.11 Å². The van der Waals surface area contributed by atoms with Crippen LogP contribution in [0.4, 0.5) is 0 Å². The van der Waals surface area contributed by atoms with Gasteiger partial charge in [-0.15, -0.1) is 0 Å². The average molecular weight is 330 g/mol. The molecule has 23 heavy (non-hydrogen) atoms. The van der Waals surface area contributed by atoms with Crippen LogP contribution < -0.4 is 5.32 Å². The highest BCUT2D eigenvalue weighted by Gasteiger charge is 2.31. The first kappa shape index (κ1) is 15.4. The summed E-state index contributed by atoms with van der Waals surface area (Å²) in [6, 6.07) is 1.92. The van der Waals surface area contributed by atoms with Crippen LogP contribution in [0.3, 0.4) is 0 Å². The van der Waals surface area contributed by atoms with Crippen molar-refractivity contribution < 1.29 is 4.79 Å². The van der Waals surface area contributed by atoms with Crippen LogP contribution in [-0.4, -0.2) is 35.5 Å². The van der Waals surface area contributed by atoms with Crippen molar-refractivity contribution in [1.82, 2.24) is 29.8 Å². The minimum Gasteiger partial charge on any atom is -0.328 e. The molecule has 0 atom stereocenters. The summed E-state index contributed by atoms with van der Waals surface area (Å²) in [6.07, 6.45) is 5.44. The van der Waals surface area contributed by atoms with Crippen LogP contribution in [0.15, 0.2) is 24.2 Å². The second-order valence-corrected chi connectivity index (χ2v) is 5.80. The van der Waals surface area contributed by atoms with Gasteiger partial charge in [-0.1, -0.05) is 0 Å². The third kappa shape index (κ3) is 3.02. The van der Waals surface area contributed by atoms with Gasteiger partial charge in [0.05, 0.1) is 24.1 Å². The number of hydrogen-bond donors (Lipinski definition) is 1. The Morgan fingerprint density at radius 3 is 2.83 bits per heavy atom. The van der Waals surface area contributed by atoms with Crippen molar-refractivity contribution in [3.8, 4) is 0 Å². The van der Waals surface area contributed by atoms with Crippen molar-refractivity contribution in [3.05, 3.63) is 41.1 Å². The fourth-order valence-electron chi connectivity index (χ4n) is 2.47. The Balaban J connectivity index is 1.81. The highest BCUT2D eigenvalue weighted by molar-refractivity contribution is 7.80. The van der Waals surface area contributed by atoms with Crippen molar-refractivity contribution >= 4 is 29.3 Å². The van der Waals surface area contributed by atoms with Gasteiger partial charge < -0.3 is 5.32 Å². The summed E-state index contributed by atoms with van der Waals surface area (Å²) in [5.74, 6) is -0.141. The predicted octanol–water partition coefficient (Wildman–Crippen LogP) is 1.20. The fourth-order valence-corrected chi connectivity index (χ4v) is 2.73. The second-order valence-electron chi connectivity index (χ2n) is 5.42. The first-order valence-corrected chi connectivity index (χ1v) is 7.75. The molecular weight excluding hydrogens is 312 g/mol. The van der Waals surface area contributed by atoms with E-state index in [2.05, 4.69) is 15.5 Å². The molecule has 8 heteroatoms. The lowest BCUT2D eigenvalue weighted by Crippen LogP contribution is -2.29. The molecule has 1 aliphatic heterocycles. The zero-order valence-corrected chi connectivity index (χ0v) is 14.1. The molecule has 0 aromatic carbocycles. The molecule has 1 amide bonds. The molecule has 7 nitrogen and oxygen atoms in total. The van der Waals surface area contributed by atoms with Crippen LogP contribution in [0.25, 0.3) is 6.08 Å². The number of carbonyl (C=O) groups is 1. The lowest BCUT2D eigenvalue weighted by Gasteiger charge is -2.12. The van der Waals surface area contributed by atoms with Gasteiger partial charge >= 0.3 is 0 Å². The number of rotatable bonds is 4. The molecule has 0 aliphatic carbocycles. The monoisotopic (exact) mass is 330 g/mol. The first-order chi connectivity index (χ1) is 11.0. The minimum atomic E-state index is -0.141. The number of hydrogen-bond acceptors (Lipinski definition) is 4. The van der Waals surface area contributed by atoms with Crippen molar-refractivity contribution in [2.24, 2.45) is 7.05 Å². The van der Waals surface area contributed by atoms with Crippen LogP contribution in [0, 0.1) is 6.92 Å². The standard InChI is InChI=1S/C15H18N6OS/c1-4-20-8-11(7-16-20)9-21-14(22)13(17-15(21)23)6-12-5-10(2)18-19(12)3/h5-8H,4,9H2,1-3H3,(H,17,23)/b13-6+. The van der Waals surface area contributed by atoms with Crippen molar-refractivity contribution in [1.29, 1.82) is 0 Å². The highest BCUT2D eigenvalue weighted by atomic mass is 32.1. The van der Waals surface area contributed by atoms with Crippen LogP contribution in [0.1, 0.15) is 23.9 Å². The third-order valence-corrected chi connectivity index (χ3v) is 3.97. The van der Waals surface area contributed by atoms with Gasteiger partial charge in [-0.05, 0) is 38.2 Å². The molecule has 3 rings (SSSR count). The summed E-state index contributed by atoms with van der Waals surface area (Å²) < 4.78 is 3.55. The summed E-state index contributed by atoms with van der Waals surface area (Å²) in [7, 11) is 1.84. The molecule has 3 heterocycles. The Bertz CT molecular complexity index is 803. The van der Waals surface area contributed by atoms with Crippen molar-refractivity contribution in [2.45, 2.75) is 26.9 Å². The number of carbonyl (C=O) groups excluding carboxylic acids is 1. The molecule has 2 aromatic rings. The zero-order chi connectivity index (χ0) is 16.6. The molecule has 0 unspecified atom stereocenters. The Labute approximate surface area is 139 Å². The van der Waals surface area contributed by atoms with E-state index in [0.29, 0.717) is 17.4 Å². The van der Waals surface area contributed by atoms with E-state index in [1.54, 1.807) is 21.9 Å². The number of amides is 1. The Morgan fingerprint density at radius 2 is 2.22 bits per heavy atom. The summed E-state index contributed by atoms with van der Waals surface area (Å²) in [5, 5.41) is 11.9. The van der Waals surface area contributed by atoms with E-state index in [4.69, 9.17) is 12.2 Å². The number of nitrogens with one attached hydrogen (secondary N) is 1. The summed E-state index contributed by atoms with van der Waals surface area (Å²) in [5.41, 5.74) is 3.15. The van der Waals surface area contributed by atoms with Crippen LogP contribution in [0.2, 0.25) is 0 Å². The van der Waals surface area contributed by atoms with Gasteiger partial charge in [-0.2, -0.15) is 10.2 Å². The molecule has 0 saturated carbocycles. The minimum absolute atomic E-state index is 0.141. The summed E-state index contributed by atoms with van der Waals surface area (Å²) >= 11 is 5.29. The molecule has 0 bridgehead atoms. The van der Waals surface area contributed by atoms with Crippen LogP contribution >= 0.6 is 12.2 Å². The van der Waals surface area contributed by atoms with Gasteiger partial charge in [0.1, 0.15) is 5.70 Å². The fraction of sp³-hybridized carbons (Fsp3) is 0.333. The van der Waals surface area contributed by atoms with E-state index in [9.17, 15) is 4.79 Å². The maximum atomic E-state index is 12.6. The number of aryl methyl sites for hydroxylation is 3. The molecule has 1 aliphatic rings. The zero-order valence-electron chi connectivity index (χ0n) is 13.3. The molecule has 1 saturated heterocycles. The van der Waals surface area contributed by atoms with Crippen molar-refractivity contribution in [3.63, 3.8) is 0 Å². The average Bonchev–Trinajstić information content (AvgIpc) is 3.15. The summed E-state index contributed by atoms with van der Waals surface area (Å²) in [4.78, 5) is 14.1. The van der Waals surface area contributed by atoms with Crippen LogP contribution in [-0.2, 0) is 24.9 Å². The molecule has 0 spiro atoms. The van der Waals surface area contributed by atoms with Crippen LogP contribution in [0.5, 0.6) is 0 Å². The smallest absolute Gasteiger partial charge is 0.276 e. The molecular formula is C15H18N6OS. The molecule has 0 radical (unpaired) electrons. The Morgan fingerprint density at radius 1 is 1.43 bits per heavy atom.